The molecule has 1 fully saturated rings. The molecule has 0 radical (unpaired) electrons. The van der Waals surface area contributed by atoms with Crippen LogP contribution in [0.25, 0.3) is 11.0 Å². The first-order valence-corrected chi connectivity index (χ1v) is 9.15. The molecule has 6 heteroatoms. The molecule has 1 aliphatic rings. The van der Waals surface area contributed by atoms with Gasteiger partial charge in [0.25, 0.3) is 5.91 Å². The van der Waals surface area contributed by atoms with Gasteiger partial charge < -0.3 is 19.4 Å². The third kappa shape index (κ3) is 3.47. The maximum Gasteiger partial charge on any atom is 0.254 e. The van der Waals surface area contributed by atoms with Gasteiger partial charge in [-0.15, -0.1) is 0 Å². The van der Waals surface area contributed by atoms with Crippen molar-refractivity contribution >= 4 is 16.9 Å². The van der Waals surface area contributed by atoms with Gasteiger partial charge in [-0.1, -0.05) is 12.1 Å². The molecule has 0 spiro atoms. The van der Waals surface area contributed by atoms with E-state index < -0.39 is 0 Å². The molecule has 1 amide bonds. The van der Waals surface area contributed by atoms with Gasteiger partial charge in [-0.25, -0.2) is 4.98 Å². The second kappa shape index (κ2) is 7.31. The van der Waals surface area contributed by atoms with Gasteiger partial charge in [0.1, 0.15) is 17.3 Å². The molecular weight excluding hydrogens is 342 g/mol. The summed E-state index contributed by atoms with van der Waals surface area (Å²) in [5.74, 6) is 2.39. The van der Waals surface area contributed by atoms with Crippen LogP contribution >= 0.6 is 0 Å². The van der Waals surface area contributed by atoms with E-state index in [4.69, 9.17) is 14.5 Å². The minimum Gasteiger partial charge on any atom is -0.497 e. The van der Waals surface area contributed by atoms with Crippen LogP contribution in [-0.4, -0.2) is 48.1 Å². The first kappa shape index (κ1) is 17.4. The first-order valence-electron chi connectivity index (χ1n) is 9.15. The number of piperidine rings is 1. The summed E-state index contributed by atoms with van der Waals surface area (Å²) >= 11 is 0. The van der Waals surface area contributed by atoms with E-state index in [0.717, 1.165) is 36.2 Å². The molecule has 1 N–H and O–H groups in total. The molecule has 1 atom stereocenters. The van der Waals surface area contributed by atoms with Crippen molar-refractivity contribution in [2.75, 3.05) is 27.3 Å². The summed E-state index contributed by atoms with van der Waals surface area (Å²) in [7, 11) is 3.17. The Morgan fingerprint density at radius 2 is 1.89 bits per heavy atom. The number of aromatic amines is 1. The van der Waals surface area contributed by atoms with Crippen molar-refractivity contribution in [3.63, 3.8) is 0 Å². The Labute approximate surface area is 158 Å². The molecule has 0 saturated carbocycles. The number of H-pyrrole nitrogens is 1. The van der Waals surface area contributed by atoms with Gasteiger partial charge in [0.2, 0.25) is 0 Å². The number of fused-ring (bicyclic) bond motifs is 1. The maximum atomic E-state index is 13.1. The largest absolute Gasteiger partial charge is 0.497 e. The lowest BCUT2D eigenvalue weighted by Gasteiger charge is -2.32. The highest BCUT2D eigenvalue weighted by molar-refractivity contribution is 5.95. The summed E-state index contributed by atoms with van der Waals surface area (Å²) in [6.07, 6.45) is 1.97. The number of methoxy groups -OCH3 is 2. The number of carbonyl (C=O) groups is 1. The fourth-order valence-corrected chi connectivity index (χ4v) is 3.66. The predicted molar refractivity (Wildman–Crippen MR) is 104 cm³/mol. The zero-order valence-corrected chi connectivity index (χ0v) is 15.6. The van der Waals surface area contributed by atoms with Crippen LogP contribution in [0.4, 0.5) is 0 Å². The lowest BCUT2D eigenvalue weighted by atomic mass is 9.96. The Morgan fingerprint density at radius 1 is 1.15 bits per heavy atom. The third-order valence-electron chi connectivity index (χ3n) is 5.10. The molecule has 2 aromatic carbocycles. The number of rotatable bonds is 4. The molecule has 1 aromatic heterocycles. The highest BCUT2D eigenvalue weighted by atomic mass is 16.5. The summed E-state index contributed by atoms with van der Waals surface area (Å²) in [6.45, 7) is 1.40. The Morgan fingerprint density at radius 3 is 2.59 bits per heavy atom. The van der Waals surface area contributed by atoms with Gasteiger partial charge in [-0.3, -0.25) is 4.79 Å². The predicted octanol–water partition coefficient (Wildman–Crippen LogP) is 3.60. The van der Waals surface area contributed by atoms with Crippen LogP contribution in [0, 0.1) is 0 Å². The van der Waals surface area contributed by atoms with Gasteiger partial charge in [0, 0.05) is 30.6 Å². The summed E-state index contributed by atoms with van der Waals surface area (Å²) in [4.78, 5) is 23.1. The maximum absolute atomic E-state index is 13.1. The van der Waals surface area contributed by atoms with Crippen molar-refractivity contribution in [2.45, 2.75) is 18.8 Å². The van der Waals surface area contributed by atoms with Crippen LogP contribution in [-0.2, 0) is 0 Å². The SMILES string of the molecule is COc1cc(OC)cc(C(=O)N2CCC[C@@H](c3nc4ccccc4[nH]3)C2)c1. The van der Waals surface area contributed by atoms with E-state index in [9.17, 15) is 4.79 Å². The number of para-hydroxylation sites is 2. The second-order valence-corrected chi connectivity index (χ2v) is 6.83. The number of nitrogens with zero attached hydrogens (tertiary/aromatic N) is 2. The molecule has 6 nitrogen and oxygen atoms in total. The molecule has 0 unspecified atom stereocenters. The van der Waals surface area contributed by atoms with Crippen molar-refractivity contribution in [1.29, 1.82) is 0 Å². The van der Waals surface area contributed by atoms with Crippen molar-refractivity contribution in [2.24, 2.45) is 0 Å². The van der Waals surface area contributed by atoms with Gasteiger partial charge in [0.05, 0.1) is 25.3 Å². The highest BCUT2D eigenvalue weighted by Crippen LogP contribution is 2.29. The molecule has 0 bridgehead atoms. The molecule has 140 valence electrons. The normalized spacial score (nSPS) is 17.1. The molecule has 4 rings (SSSR count). The quantitative estimate of drug-likeness (QED) is 0.767. The van der Waals surface area contributed by atoms with E-state index in [-0.39, 0.29) is 11.8 Å². The summed E-state index contributed by atoms with van der Waals surface area (Å²) in [5, 5.41) is 0. The van der Waals surface area contributed by atoms with Gasteiger partial charge in [-0.2, -0.15) is 0 Å². The van der Waals surface area contributed by atoms with Crippen LogP contribution < -0.4 is 9.47 Å². The zero-order valence-electron chi connectivity index (χ0n) is 15.6. The average Bonchev–Trinajstić information content (AvgIpc) is 3.17. The van der Waals surface area contributed by atoms with Crippen LogP contribution in [0.5, 0.6) is 11.5 Å². The molecule has 1 saturated heterocycles. The van der Waals surface area contributed by atoms with Crippen molar-refractivity contribution in [3.8, 4) is 11.5 Å². The minimum absolute atomic E-state index is 0.00647. The Kier molecular flexibility index (Phi) is 4.71. The molecular formula is C21H23N3O3. The molecule has 2 heterocycles. The third-order valence-corrected chi connectivity index (χ3v) is 5.10. The Balaban J connectivity index is 1.56. The number of likely N-dealkylation sites (tertiary alicyclic amines) is 1. The second-order valence-electron chi connectivity index (χ2n) is 6.83. The van der Waals surface area contributed by atoms with Gasteiger partial charge >= 0.3 is 0 Å². The fraction of sp³-hybridized carbons (Fsp3) is 0.333. The number of hydrogen-bond donors (Lipinski definition) is 1. The average molecular weight is 365 g/mol. The lowest BCUT2D eigenvalue weighted by Crippen LogP contribution is -2.39. The molecule has 3 aromatic rings. The molecule has 1 aliphatic heterocycles. The van der Waals surface area contributed by atoms with Crippen LogP contribution in [0.1, 0.15) is 34.9 Å². The molecule has 27 heavy (non-hydrogen) atoms. The van der Waals surface area contributed by atoms with E-state index in [1.54, 1.807) is 32.4 Å². The topological polar surface area (TPSA) is 67.5 Å². The summed E-state index contributed by atoms with van der Waals surface area (Å²) < 4.78 is 10.6. The smallest absolute Gasteiger partial charge is 0.254 e. The number of nitrogens with one attached hydrogen (secondary N) is 1. The summed E-state index contributed by atoms with van der Waals surface area (Å²) in [6, 6.07) is 13.3. The van der Waals surface area contributed by atoms with Crippen LogP contribution in [0.3, 0.4) is 0 Å². The standard InChI is InChI=1S/C21H23N3O3/c1-26-16-10-15(11-17(12-16)27-2)21(25)24-9-5-6-14(13-24)20-22-18-7-3-4-8-19(18)23-20/h3-4,7-8,10-12,14H,5-6,9,13H2,1-2H3,(H,22,23)/t14-/m1/s1. The number of carbonyl (C=O) groups excluding carboxylic acids is 1. The first-order chi connectivity index (χ1) is 13.2. The number of amides is 1. The van der Waals surface area contributed by atoms with Gasteiger partial charge in [-0.05, 0) is 37.1 Å². The van der Waals surface area contributed by atoms with E-state index in [1.165, 1.54) is 0 Å². The van der Waals surface area contributed by atoms with Crippen LogP contribution in [0.2, 0.25) is 0 Å². The Hall–Kier alpha value is -3.02. The Bertz CT molecular complexity index is 911. The van der Waals surface area contributed by atoms with E-state index >= 15 is 0 Å². The zero-order chi connectivity index (χ0) is 18.8. The molecule has 0 aliphatic carbocycles. The van der Waals surface area contributed by atoms with Crippen molar-refractivity contribution < 1.29 is 14.3 Å². The number of aromatic nitrogens is 2. The van der Waals surface area contributed by atoms with E-state index in [1.807, 2.05) is 29.2 Å². The lowest BCUT2D eigenvalue weighted by molar-refractivity contribution is 0.0704. The monoisotopic (exact) mass is 365 g/mol. The summed E-state index contributed by atoms with van der Waals surface area (Å²) in [5.41, 5.74) is 2.58. The minimum atomic E-state index is -0.00647. The van der Waals surface area contributed by atoms with Gasteiger partial charge in [0.15, 0.2) is 0 Å². The number of ether oxygens (including phenoxy) is 2. The number of benzene rings is 2. The number of imidazole rings is 1. The highest BCUT2D eigenvalue weighted by Gasteiger charge is 2.28. The fourth-order valence-electron chi connectivity index (χ4n) is 3.66. The van der Waals surface area contributed by atoms with E-state index in [0.29, 0.717) is 23.6 Å². The number of hydrogen-bond acceptors (Lipinski definition) is 4. The van der Waals surface area contributed by atoms with E-state index in [2.05, 4.69) is 4.98 Å². The van der Waals surface area contributed by atoms with Crippen molar-refractivity contribution in [1.82, 2.24) is 14.9 Å². The van der Waals surface area contributed by atoms with Crippen molar-refractivity contribution in [3.05, 3.63) is 53.9 Å². The van der Waals surface area contributed by atoms with Crippen LogP contribution in [0.15, 0.2) is 42.5 Å².